The molecule has 3 nitrogen and oxygen atoms in total. The summed E-state index contributed by atoms with van der Waals surface area (Å²) in [4.78, 5) is 13.9. The van der Waals surface area contributed by atoms with E-state index < -0.39 is 17.6 Å². The SMILES string of the molecule is O=C(O)Cc1c(-c2ccccc2)[nH]c2c(F)cc(F)cc12. The molecule has 0 spiro atoms. The fourth-order valence-electron chi connectivity index (χ4n) is 2.46. The van der Waals surface area contributed by atoms with E-state index in [4.69, 9.17) is 5.11 Å². The van der Waals surface area contributed by atoms with E-state index >= 15 is 0 Å². The van der Waals surface area contributed by atoms with Crippen LogP contribution in [0.3, 0.4) is 0 Å². The second-order valence-electron chi connectivity index (χ2n) is 4.73. The highest BCUT2D eigenvalue weighted by atomic mass is 19.1. The minimum atomic E-state index is -1.06. The summed E-state index contributed by atoms with van der Waals surface area (Å²) in [5.41, 5.74) is 1.72. The third kappa shape index (κ3) is 2.38. The van der Waals surface area contributed by atoms with Gasteiger partial charge in [-0.2, -0.15) is 0 Å². The Balaban J connectivity index is 2.33. The molecular weight excluding hydrogens is 276 g/mol. The van der Waals surface area contributed by atoms with Crippen LogP contribution in [0.15, 0.2) is 42.5 Å². The molecule has 5 heteroatoms. The molecule has 0 bridgehead atoms. The van der Waals surface area contributed by atoms with Gasteiger partial charge in [-0.1, -0.05) is 30.3 Å². The Morgan fingerprint density at radius 1 is 1.14 bits per heavy atom. The van der Waals surface area contributed by atoms with E-state index in [1.54, 1.807) is 24.3 Å². The van der Waals surface area contributed by atoms with Gasteiger partial charge >= 0.3 is 5.97 Å². The summed E-state index contributed by atoms with van der Waals surface area (Å²) in [6.07, 6.45) is -0.312. The van der Waals surface area contributed by atoms with E-state index in [-0.39, 0.29) is 17.3 Å². The molecule has 0 saturated heterocycles. The number of aromatic nitrogens is 1. The fourth-order valence-corrected chi connectivity index (χ4v) is 2.46. The quantitative estimate of drug-likeness (QED) is 0.771. The Kier molecular flexibility index (Phi) is 3.17. The summed E-state index contributed by atoms with van der Waals surface area (Å²) in [6, 6.07) is 10.9. The first-order chi connectivity index (χ1) is 10.1. The lowest BCUT2D eigenvalue weighted by atomic mass is 10.0. The lowest BCUT2D eigenvalue weighted by molar-refractivity contribution is -0.136. The molecule has 106 valence electrons. The van der Waals surface area contributed by atoms with Crippen molar-refractivity contribution in [3.63, 3.8) is 0 Å². The molecule has 0 radical (unpaired) electrons. The molecule has 0 aliphatic heterocycles. The number of aromatic amines is 1. The molecule has 0 saturated carbocycles. The number of rotatable bonds is 3. The van der Waals surface area contributed by atoms with Crippen LogP contribution in [-0.2, 0) is 11.2 Å². The van der Waals surface area contributed by atoms with Crippen molar-refractivity contribution in [1.29, 1.82) is 0 Å². The number of aliphatic carboxylic acids is 1. The van der Waals surface area contributed by atoms with Gasteiger partial charge in [0.1, 0.15) is 11.6 Å². The van der Waals surface area contributed by atoms with Gasteiger partial charge in [-0.15, -0.1) is 0 Å². The number of hydrogen-bond donors (Lipinski definition) is 2. The van der Waals surface area contributed by atoms with E-state index in [1.807, 2.05) is 6.07 Å². The predicted octanol–water partition coefficient (Wildman–Crippen LogP) is 3.74. The maximum absolute atomic E-state index is 13.9. The van der Waals surface area contributed by atoms with Crippen molar-refractivity contribution in [2.75, 3.05) is 0 Å². The summed E-state index contributed by atoms with van der Waals surface area (Å²) in [5, 5.41) is 9.31. The Morgan fingerprint density at radius 2 is 1.86 bits per heavy atom. The molecule has 1 heterocycles. The Bertz CT molecular complexity index is 825. The van der Waals surface area contributed by atoms with Gasteiger partial charge in [0.05, 0.1) is 17.6 Å². The summed E-state index contributed by atoms with van der Waals surface area (Å²) < 4.78 is 27.3. The molecule has 21 heavy (non-hydrogen) atoms. The molecule has 2 aromatic carbocycles. The minimum Gasteiger partial charge on any atom is -0.481 e. The summed E-state index contributed by atoms with van der Waals surface area (Å²) >= 11 is 0. The molecule has 0 fully saturated rings. The third-order valence-electron chi connectivity index (χ3n) is 3.32. The highest BCUT2D eigenvalue weighted by Gasteiger charge is 2.18. The number of halogens is 2. The van der Waals surface area contributed by atoms with Crippen molar-refractivity contribution in [1.82, 2.24) is 4.98 Å². The maximum Gasteiger partial charge on any atom is 0.307 e. The van der Waals surface area contributed by atoms with Crippen LogP contribution in [0.4, 0.5) is 8.78 Å². The first-order valence-electron chi connectivity index (χ1n) is 6.33. The van der Waals surface area contributed by atoms with Crippen LogP contribution in [0.25, 0.3) is 22.2 Å². The standard InChI is InChI=1S/C16H11F2NO2/c17-10-6-11-12(8-14(20)21)15(9-4-2-1-3-5-9)19-16(11)13(18)7-10/h1-7,19H,8H2,(H,20,21). The van der Waals surface area contributed by atoms with E-state index in [0.717, 1.165) is 17.7 Å². The van der Waals surface area contributed by atoms with Gasteiger partial charge in [0.25, 0.3) is 0 Å². The predicted molar refractivity (Wildman–Crippen MR) is 75.0 cm³/mol. The normalized spacial score (nSPS) is 11.0. The smallest absolute Gasteiger partial charge is 0.307 e. The second kappa shape index (κ2) is 5.01. The van der Waals surface area contributed by atoms with E-state index in [9.17, 15) is 13.6 Å². The first kappa shape index (κ1) is 13.3. The molecule has 0 aliphatic rings. The molecule has 0 aliphatic carbocycles. The van der Waals surface area contributed by atoms with Crippen molar-refractivity contribution in [2.45, 2.75) is 6.42 Å². The first-order valence-corrected chi connectivity index (χ1v) is 6.33. The number of hydrogen-bond acceptors (Lipinski definition) is 1. The summed E-state index contributed by atoms with van der Waals surface area (Å²) in [5.74, 6) is -2.53. The van der Waals surface area contributed by atoms with Gasteiger partial charge in [-0.05, 0) is 17.2 Å². The number of carboxylic acids is 1. The topological polar surface area (TPSA) is 53.1 Å². The average Bonchev–Trinajstić information content (AvgIpc) is 2.78. The molecule has 0 unspecified atom stereocenters. The number of carboxylic acid groups (broad SMARTS) is 1. The van der Waals surface area contributed by atoms with Crippen molar-refractivity contribution in [2.24, 2.45) is 0 Å². The molecule has 3 aromatic rings. The monoisotopic (exact) mass is 287 g/mol. The van der Waals surface area contributed by atoms with Crippen molar-refractivity contribution < 1.29 is 18.7 Å². The van der Waals surface area contributed by atoms with Gasteiger partial charge in [-0.3, -0.25) is 4.79 Å². The Labute approximate surface area is 118 Å². The van der Waals surface area contributed by atoms with E-state index in [0.29, 0.717) is 11.3 Å². The Hall–Kier alpha value is -2.69. The Morgan fingerprint density at radius 3 is 2.52 bits per heavy atom. The van der Waals surface area contributed by atoms with Crippen molar-refractivity contribution in [3.05, 3.63) is 59.7 Å². The van der Waals surface area contributed by atoms with Crippen LogP contribution >= 0.6 is 0 Å². The average molecular weight is 287 g/mol. The zero-order valence-electron chi connectivity index (χ0n) is 10.9. The summed E-state index contributed by atoms with van der Waals surface area (Å²) in [6.45, 7) is 0. The third-order valence-corrected chi connectivity index (χ3v) is 3.32. The number of carbonyl (C=O) groups is 1. The number of benzene rings is 2. The minimum absolute atomic E-state index is 0.117. The van der Waals surface area contributed by atoms with Gasteiger partial charge in [-0.25, -0.2) is 8.78 Å². The second-order valence-corrected chi connectivity index (χ2v) is 4.73. The van der Waals surface area contributed by atoms with Crippen LogP contribution in [0, 0.1) is 11.6 Å². The molecule has 3 rings (SSSR count). The molecular formula is C16H11F2NO2. The number of nitrogens with one attached hydrogen (secondary N) is 1. The van der Waals surface area contributed by atoms with Crippen LogP contribution < -0.4 is 0 Å². The van der Waals surface area contributed by atoms with Gasteiger partial charge in [0, 0.05) is 11.5 Å². The number of fused-ring (bicyclic) bond motifs is 1. The van der Waals surface area contributed by atoms with Crippen LogP contribution in [0.1, 0.15) is 5.56 Å². The largest absolute Gasteiger partial charge is 0.481 e. The highest BCUT2D eigenvalue weighted by molar-refractivity contribution is 5.94. The van der Waals surface area contributed by atoms with Gasteiger partial charge in [0.15, 0.2) is 0 Å². The summed E-state index contributed by atoms with van der Waals surface area (Å²) in [7, 11) is 0. The van der Waals surface area contributed by atoms with Gasteiger partial charge < -0.3 is 10.1 Å². The fraction of sp³-hybridized carbons (Fsp3) is 0.0625. The molecule has 0 atom stereocenters. The molecule has 2 N–H and O–H groups in total. The zero-order valence-corrected chi connectivity index (χ0v) is 10.9. The zero-order chi connectivity index (χ0) is 15.0. The van der Waals surface area contributed by atoms with Gasteiger partial charge in [0.2, 0.25) is 0 Å². The van der Waals surface area contributed by atoms with E-state index in [2.05, 4.69) is 4.98 Å². The molecule has 0 amide bonds. The van der Waals surface area contributed by atoms with Crippen LogP contribution in [0.2, 0.25) is 0 Å². The highest BCUT2D eigenvalue weighted by Crippen LogP contribution is 2.32. The maximum atomic E-state index is 13.9. The van der Waals surface area contributed by atoms with Crippen molar-refractivity contribution in [3.8, 4) is 11.3 Å². The van der Waals surface area contributed by atoms with E-state index in [1.165, 1.54) is 0 Å². The lowest BCUT2D eigenvalue weighted by Gasteiger charge is -2.02. The van der Waals surface area contributed by atoms with Crippen molar-refractivity contribution >= 4 is 16.9 Å². The number of H-pyrrole nitrogens is 1. The molecule has 1 aromatic heterocycles. The lowest BCUT2D eigenvalue weighted by Crippen LogP contribution is -2.01. The van der Waals surface area contributed by atoms with Crippen LogP contribution in [-0.4, -0.2) is 16.1 Å². The van der Waals surface area contributed by atoms with Crippen LogP contribution in [0.5, 0.6) is 0 Å².